The molecule has 1 aliphatic rings. The van der Waals surface area contributed by atoms with Crippen LogP contribution >= 0.6 is 0 Å². The monoisotopic (exact) mass is 209 g/mol. The van der Waals surface area contributed by atoms with Gasteiger partial charge in [0.15, 0.2) is 0 Å². The minimum absolute atomic E-state index is 0.105. The van der Waals surface area contributed by atoms with E-state index in [2.05, 4.69) is 15.6 Å². The van der Waals surface area contributed by atoms with E-state index < -0.39 is 5.82 Å². The van der Waals surface area contributed by atoms with E-state index in [9.17, 15) is 9.18 Å². The number of pyridine rings is 1. The second kappa shape index (κ2) is 4.35. The molecule has 1 atom stereocenters. The van der Waals surface area contributed by atoms with E-state index in [1.54, 1.807) is 0 Å². The molecule has 80 valence electrons. The summed E-state index contributed by atoms with van der Waals surface area (Å²) in [6, 6.07) is 2.57. The van der Waals surface area contributed by atoms with E-state index >= 15 is 0 Å². The summed E-state index contributed by atoms with van der Waals surface area (Å²) >= 11 is 0. The van der Waals surface area contributed by atoms with E-state index in [4.69, 9.17) is 0 Å². The van der Waals surface area contributed by atoms with Crippen LogP contribution in [-0.2, 0) is 4.79 Å². The zero-order valence-corrected chi connectivity index (χ0v) is 8.16. The Bertz CT molecular complexity index is 346. The van der Waals surface area contributed by atoms with Gasteiger partial charge in [-0.3, -0.25) is 4.79 Å². The molecule has 2 rings (SSSR count). The highest BCUT2D eigenvalue weighted by Crippen LogP contribution is 2.09. The van der Waals surface area contributed by atoms with Gasteiger partial charge in [0.1, 0.15) is 11.6 Å². The minimum atomic E-state index is -0.410. The fourth-order valence-electron chi connectivity index (χ4n) is 1.57. The van der Waals surface area contributed by atoms with Crippen molar-refractivity contribution in [3.8, 4) is 0 Å². The highest BCUT2D eigenvalue weighted by molar-refractivity contribution is 5.94. The number of aromatic nitrogens is 1. The van der Waals surface area contributed by atoms with Crippen molar-refractivity contribution in [1.82, 2.24) is 10.3 Å². The lowest BCUT2D eigenvalue weighted by molar-refractivity contribution is -0.117. The van der Waals surface area contributed by atoms with Crippen LogP contribution in [0.4, 0.5) is 10.2 Å². The van der Waals surface area contributed by atoms with Crippen LogP contribution in [0, 0.1) is 5.82 Å². The molecule has 0 radical (unpaired) electrons. The number of carbonyl (C=O) groups is 1. The first kappa shape index (κ1) is 10.0. The summed E-state index contributed by atoms with van der Waals surface area (Å²) in [7, 11) is 0. The summed E-state index contributed by atoms with van der Waals surface area (Å²) < 4.78 is 12.5. The van der Waals surface area contributed by atoms with Crippen LogP contribution in [0.3, 0.4) is 0 Å². The molecule has 0 aromatic carbocycles. The third-order valence-electron chi connectivity index (χ3n) is 2.36. The van der Waals surface area contributed by atoms with E-state index in [1.165, 1.54) is 12.1 Å². The predicted molar refractivity (Wildman–Crippen MR) is 53.8 cm³/mol. The summed E-state index contributed by atoms with van der Waals surface area (Å²) in [5.74, 6) is -0.131. The molecule has 0 bridgehead atoms. The van der Waals surface area contributed by atoms with Crippen molar-refractivity contribution < 1.29 is 9.18 Å². The number of amides is 1. The van der Waals surface area contributed by atoms with E-state index in [0.717, 1.165) is 25.6 Å². The Hall–Kier alpha value is -1.49. The first-order valence-electron chi connectivity index (χ1n) is 4.91. The minimum Gasteiger partial charge on any atom is -0.309 e. The molecule has 1 aromatic rings. The summed E-state index contributed by atoms with van der Waals surface area (Å²) in [5, 5.41) is 5.71. The van der Waals surface area contributed by atoms with Crippen LogP contribution < -0.4 is 10.6 Å². The van der Waals surface area contributed by atoms with Gasteiger partial charge in [-0.25, -0.2) is 9.37 Å². The van der Waals surface area contributed by atoms with Gasteiger partial charge >= 0.3 is 0 Å². The molecule has 1 saturated heterocycles. The Labute approximate surface area is 86.9 Å². The van der Waals surface area contributed by atoms with Gasteiger partial charge in [0.2, 0.25) is 5.91 Å². The van der Waals surface area contributed by atoms with Gasteiger partial charge in [-0.2, -0.15) is 0 Å². The van der Waals surface area contributed by atoms with Crippen LogP contribution in [0.2, 0.25) is 0 Å². The van der Waals surface area contributed by atoms with Gasteiger partial charge in [0.05, 0.1) is 12.2 Å². The number of nitrogens with one attached hydrogen (secondary N) is 2. The standard InChI is InChI=1S/C10H12FN3O/c11-7-3-4-9(13-6-7)14-10(15)8-2-1-5-12-8/h3-4,6,8,12H,1-2,5H2,(H,13,14,15)/t8-/m0/s1. The van der Waals surface area contributed by atoms with Crippen molar-refractivity contribution in [2.75, 3.05) is 11.9 Å². The molecule has 0 unspecified atom stereocenters. The van der Waals surface area contributed by atoms with Crippen molar-refractivity contribution in [3.05, 3.63) is 24.1 Å². The Morgan fingerprint density at radius 2 is 2.47 bits per heavy atom. The third-order valence-corrected chi connectivity index (χ3v) is 2.36. The number of anilines is 1. The lowest BCUT2D eigenvalue weighted by atomic mass is 10.2. The first-order valence-corrected chi connectivity index (χ1v) is 4.91. The van der Waals surface area contributed by atoms with Gasteiger partial charge in [0, 0.05) is 0 Å². The second-order valence-electron chi connectivity index (χ2n) is 3.50. The maximum Gasteiger partial charge on any atom is 0.242 e. The zero-order chi connectivity index (χ0) is 10.7. The summed E-state index contributed by atoms with van der Waals surface area (Å²) in [4.78, 5) is 15.3. The number of hydrogen-bond acceptors (Lipinski definition) is 3. The normalized spacial score (nSPS) is 20.2. The van der Waals surface area contributed by atoms with Crippen molar-refractivity contribution in [2.24, 2.45) is 0 Å². The first-order chi connectivity index (χ1) is 7.25. The number of nitrogens with zero attached hydrogens (tertiary/aromatic N) is 1. The van der Waals surface area contributed by atoms with Crippen LogP contribution in [0.1, 0.15) is 12.8 Å². The fraction of sp³-hybridized carbons (Fsp3) is 0.400. The van der Waals surface area contributed by atoms with Gasteiger partial charge in [0.25, 0.3) is 0 Å². The van der Waals surface area contributed by atoms with Crippen LogP contribution in [0.25, 0.3) is 0 Å². The predicted octanol–water partition coefficient (Wildman–Crippen LogP) is 0.911. The highest BCUT2D eigenvalue weighted by atomic mass is 19.1. The Morgan fingerprint density at radius 1 is 1.60 bits per heavy atom. The molecule has 0 aliphatic carbocycles. The van der Waals surface area contributed by atoms with E-state index in [0.29, 0.717) is 5.82 Å². The second-order valence-corrected chi connectivity index (χ2v) is 3.50. The molecule has 0 spiro atoms. The van der Waals surface area contributed by atoms with E-state index in [1.807, 2.05) is 0 Å². The van der Waals surface area contributed by atoms with Gasteiger partial charge < -0.3 is 10.6 Å². The van der Waals surface area contributed by atoms with Crippen molar-refractivity contribution in [2.45, 2.75) is 18.9 Å². The van der Waals surface area contributed by atoms with Crippen LogP contribution in [0.5, 0.6) is 0 Å². The fourth-order valence-corrected chi connectivity index (χ4v) is 1.57. The maximum atomic E-state index is 12.5. The Kier molecular flexibility index (Phi) is 2.91. The smallest absolute Gasteiger partial charge is 0.242 e. The molecule has 15 heavy (non-hydrogen) atoms. The quantitative estimate of drug-likeness (QED) is 0.761. The zero-order valence-electron chi connectivity index (χ0n) is 8.16. The molecule has 1 amide bonds. The third kappa shape index (κ3) is 2.50. The molecule has 1 fully saturated rings. The number of rotatable bonds is 2. The molecule has 1 aliphatic heterocycles. The largest absolute Gasteiger partial charge is 0.309 e. The average molecular weight is 209 g/mol. The molecule has 2 N–H and O–H groups in total. The van der Waals surface area contributed by atoms with Crippen molar-refractivity contribution in [1.29, 1.82) is 0 Å². The van der Waals surface area contributed by atoms with Crippen LogP contribution in [-0.4, -0.2) is 23.5 Å². The molecule has 1 aromatic heterocycles. The van der Waals surface area contributed by atoms with Gasteiger partial charge in [-0.1, -0.05) is 0 Å². The molecule has 0 saturated carbocycles. The van der Waals surface area contributed by atoms with Crippen molar-refractivity contribution >= 4 is 11.7 Å². The maximum absolute atomic E-state index is 12.5. The lowest BCUT2D eigenvalue weighted by Gasteiger charge is -2.09. The number of carbonyl (C=O) groups excluding carboxylic acids is 1. The van der Waals surface area contributed by atoms with Gasteiger partial charge in [-0.05, 0) is 31.5 Å². The van der Waals surface area contributed by atoms with Crippen molar-refractivity contribution in [3.63, 3.8) is 0 Å². The topological polar surface area (TPSA) is 54.0 Å². The SMILES string of the molecule is O=C(Nc1ccc(F)cn1)[C@@H]1CCCN1. The summed E-state index contributed by atoms with van der Waals surface area (Å²) in [5.41, 5.74) is 0. The van der Waals surface area contributed by atoms with Gasteiger partial charge in [-0.15, -0.1) is 0 Å². The highest BCUT2D eigenvalue weighted by Gasteiger charge is 2.21. The molecular weight excluding hydrogens is 197 g/mol. The molecule has 2 heterocycles. The number of halogens is 1. The average Bonchev–Trinajstić information content (AvgIpc) is 2.74. The van der Waals surface area contributed by atoms with E-state index in [-0.39, 0.29) is 11.9 Å². The summed E-state index contributed by atoms with van der Waals surface area (Å²) in [6.07, 6.45) is 2.93. The number of hydrogen-bond donors (Lipinski definition) is 2. The lowest BCUT2D eigenvalue weighted by Crippen LogP contribution is -2.35. The summed E-state index contributed by atoms with van der Waals surface area (Å²) in [6.45, 7) is 0.870. The van der Waals surface area contributed by atoms with Crippen LogP contribution in [0.15, 0.2) is 18.3 Å². The molecular formula is C10H12FN3O. The Balaban J connectivity index is 1.96. The Morgan fingerprint density at radius 3 is 3.07 bits per heavy atom. The molecule has 4 nitrogen and oxygen atoms in total. The molecule has 5 heteroatoms.